The number of aromatic nitrogens is 4. The monoisotopic (exact) mass is 370 g/mol. The molecule has 0 atom stereocenters. The molecule has 0 bridgehead atoms. The molecule has 0 spiro atoms. The van der Waals surface area contributed by atoms with E-state index in [0.717, 1.165) is 11.3 Å². The minimum Gasteiger partial charge on any atom is -0.492 e. The molecule has 8 heteroatoms. The van der Waals surface area contributed by atoms with Crippen LogP contribution in [0.3, 0.4) is 0 Å². The van der Waals surface area contributed by atoms with E-state index in [-0.39, 0.29) is 5.56 Å². The van der Waals surface area contributed by atoms with E-state index in [1.807, 2.05) is 19.9 Å². The predicted molar refractivity (Wildman–Crippen MR) is 97.7 cm³/mol. The molecule has 26 heavy (non-hydrogen) atoms. The largest absolute Gasteiger partial charge is 0.492 e. The molecule has 0 radical (unpaired) electrons. The second-order valence-electron chi connectivity index (χ2n) is 5.71. The minimum absolute atomic E-state index is 0.267. The van der Waals surface area contributed by atoms with E-state index in [0.29, 0.717) is 40.2 Å². The number of halogens is 1. The van der Waals surface area contributed by atoms with Crippen LogP contribution >= 0.6 is 11.6 Å². The van der Waals surface area contributed by atoms with E-state index in [1.54, 1.807) is 24.6 Å². The third-order valence-electron chi connectivity index (χ3n) is 3.89. The summed E-state index contributed by atoms with van der Waals surface area (Å²) in [4.78, 5) is 20.0. The van der Waals surface area contributed by atoms with Gasteiger partial charge in [0.15, 0.2) is 5.65 Å². The van der Waals surface area contributed by atoms with Crippen molar-refractivity contribution in [2.24, 2.45) is 0 Å². The van der Waals surface area contributed by atoms with Gasteiger partial charge < -0.3 is 14.1 Å². The van der Waals surface area contributed by atoms with Gasteiger partial charge in [0.05, 0.1) is 29.2 Å². The third kappa shape index (κ3) is 2.76. The fourth-order valence-corrected chi connectivity index (χ4v) is 2.88. The maximum Gasteiger partial charge on any atom is 0.274 e. The van der Waals surface area contributed by atoms with Crippen LogP contribution in [-0.4, -0.2) is 26.2 Å². The minimum atomic E-state index is -0.267. The average Bonchev–Trinajstić information content (AvgIpc) is 3.23. The van der Waals surface area contributed by atoms with Gasteiger partial charge in [0.2, 0.25) is 5.89 Å². The summed E-state index contributed by atoms with van der Waals surface area (Å²) in [6, 6.07) is 6.82. The van der Waals surface area contributed by atoms with Crippen LogP contribution in [0.1, 0.15) is 12.6 Å². The first-order chi connectivity index (χ1) is 12.6. The summed E-state index contributed by atoms with van der Waals surface area (Å²) in [5.74, 6) is 0.959. The first-order valence-electron chi connectivity index (χ1n) is 8.03. The van der Waals surface area contributed by atoms with Crippen LogP contribution < -0.4 is 10.3 Å². The summed E-state index contributed by atoms with van der Waals surface area (Å²) in [7, 11) is 0. The van der Waals surface area contributed by atoms with Gasteiger partial charge in [-0.25, -0.2) is 4.98 Å². The molecule has 0 aliphatic heterocycles. The number of rotatable bonds is 4. The molecule has 3 aromatic heterocycles. The number of benzene rings is 1. The number of nitrogens with zero attached hydrogens (tertiary/aromatic N) is 3. The fraction of sp³-hybridized carbons (Fsp3) is 0.167. The summed E-state index contributed by atoms with van der Waals surface area (Å²) < 4.78 is 12.3. The number of hydrogen-bond donors (Lipinski definition) is 1. The Morgan fingerprint density at radius 3 is 2.92 bits per heavy atom. The Kier molecular flexibility index (Phi) is 4.00. The molecule has 4 aromatic rings. The van der Waals surface area contributed by atoms with E-state index >= 15 is 0 Å². The number of H-pyrrole nitrogens is 1. The first kappa shape index (κ1) is 16.4. The smallest absolute Gasteiger partial charge is 0.274 e. The van der Waals surface area contributed by atoms with Crippen molar-refractivity contribution in [2.75, 3.05) is 6.61 Å². The number of ether oxygens (including phenoxy) is 1. The normalized spacial score (nSPS) is 11.2. The molecule has 0 aliphatic carbocycles. The molecule has 0 saturated carbocycles. The first-order valence-corrected chi connectivity index (χ1v) is 8.41. The molecular formula is C18H15ClN4O3. The van der Waals surface area contributed by atoms with Gasteiger partial charge in [-0.1, -0.05) is 17.7 Å². The molecule has 1 aromatic carbocycles. The van der Waals surface area contributed by atoms with Gasteiger partial charge in [-0.05, 0) is 26.0 Å². The highest BCUT2D eigenvalue weighted by molar-refractivity contribution is 6.32. The Labute approximate surface area is 153 Å². The zero-order valence-electron chi connectivity index (χ0n) is 14.1. The van der Waals surface area contributed by atoms with Gasteiger partial charge in [0, 0.05) is 11.6 Å². The summed E-state index contributed by atoms with van der Waals surface area (Å²) in [6.07, 6.45) is 3.10. The number of hydrogen-bond acceptors (Lipinski definition) is 5. The molecule has 132 valence electrons. The molecule has 0 aliphatic rings. The lowest BCUT2D eigenvalue weighted by Gasteiger charge is -2.09. The lowest BCUT2D eigenvalue weighted by atomic mass is 10.1. The van der Waals surface area contributed by atoms with Gasteiger partial charge in [-0.15, -0.1) is 0 Å². The summed E-state index contributed by atoms with van der Waals surface area (Å²) in [6.45, 7) is 4.21. The van der Waals surface area contributed by atoms with Crippen LogP contribution in [0.4, 0.5) is 0 Å². The zero-order valence-corrected chi connectivity index (χ0v) is 14.9. The summed E-state index contributed by atoms with van der Waals surface area (Å²) in [5, 5.41) is 4.64. The average molecular weight is 371 g/mol. The van der Waals surface area contributed by atoms with Gasteiger partial charge in [0.25, 0.3) is 5.56 Å². The lowest BCUT2D eigenvalue weighted by molar-refractivity contribution is 0.340. The summed E-state index contributed by atoms with van der Waals surface area (Å²) >= 11 is 6.15. The van der Waals surface area contributed by atoms with Gasteiger partial charge >= 0.3 is 0 Å². The lowest BCUT2D eigenvalue weighted by Crippen LogP contribution is -2.14. The Balaban J connectivity index is 1.89. The van der Waals surface area contributed by atoms with Crippen LogP contribution in [0.2, 0.25) is 5.02 Å². The number of oxazole rings is 1. The fourth-order valence-electron chi connectivity index (χ4n) is 2.71. The Morgan fingerprint density at radius 2 is 2.19 bits per heavy atom. The molecule has 4 rings (SSSR count). The SMILES string of the molecule is CCOc1cc(-c2cc(=O)n3ncc(-c4nc(C)co4)c3[nH]2)ccc1Cl. The van der Waals surface area contributed by atoms with E-state index in [4.69, 9.17) is 20.8 Å². The number of fused-ring (bicyclic) bond motifs is 1. The summed E-state index contributed by atoms with van der Waals surface area (Å²) in [5.41, 5.74) is 2.98. The molecule has 0 unspecified atom stereocenters. The Hall–Kier alpha value is -3.06. The van der Waals surface area contributed by atoms with Crippen LogP contribution in [0.15, 0.2) is 45.9 Å². The standard InChI is InChI=1S/C18H15ClN4O3/c1-3-25-15-6-11(4-5-13(15)19)14-7-16(24)23-17(22-14)12(8-20-23)18-21-10(2)9-26-18/h4-9,22H,3H2,1-2H3. The highest BCUT2D eigenvalue weighted by Gasteiger charge is 2.15. The number of aryl methyl sites for hydroxylation is 1. The van der Waals surface area contributed by atoms with Crippen LogP contribution in [-0.2, 0) is 0 Å². The molecule has 0 saturated heterocycles. The highest BCUT2D eigenvalue weighted by Crippen LogP contribution is 2.30. The zero-order chi connectivity index (χ0) is 18.3. The molecule has 0 amide bonds. The Bertz CT molecular complexity index is 1160. The molecule has 3 heterocycles. The van der Waals surface area contributed by atoms with E-state index < -0.39 is 0 Å². The van der Waals surface area contributed by atoms with Crippen LogP contribution in [0.5, 0.6) is 5.75 Å². The van der Waals surface area contributed by atoms with Gasteiger partial charge in [-0.2, -0.15) is 9.61 Å². The molecular weight excluding hydrogens is 356 g/mol. The van der Waals surface area contributed by atoms with Crippen molar-refractivity contribution in [2.45, 2.75) is 13.8 Å². The van der Waals surface area contributed by atoms with Gasteiger partial charge in [-0.3, -0.25) is 4.79 Å². The highest BCUT2D eigenvalue weighted by atomic mass is 35.5. The quantitative estimate of drug-likeness (QED) is 0.592. The van der Waals surface area contributed by atoms with Crippen LogP contribution in [0, 0.1) is 6.92 Å². The van der Waals surface area contributed by atoms with E-state index in [2.05, 4.69) is 15.1 Å². The second kappa shape index (κ2) is 6.34. The van der Waals surface area contributed by atoms with Crippen molar-refractivity contribution >= 4 is 17.2 Å². The number of aromatic amines is 1. The van der Waals surface area contributed by atoms with Crippen molar-refractivity contribution in [1.29, 1.82) is 0 Å². The van der Waals surface area contributed by atoms with Crippen LogP contribution in [0.25, 0.3) is 28.4 Å². The Morgan fingerprint density at radius 1 is 1.35 bits per heavy atom. The molecule has 0 fully saturated rings. The van der Waals surface area contributed by atoms with Gasteiger partial charge in [0.1, 0.15) is 17.6 Å². The number of nitrogens with one attached hydrogen (secondary N) is 1. The second-order valence-corrected chi connectivity index (χ2v) is 6.12. The van der Waals surface area contributed by atoms with Crippen molar-refractivity contribution in [1.82, 2.24) is 19.6 Å². The maximum atomic E-state index is 12.5. The van der Waals surface area contributed by atoms with E-state index in [9.17, 15) is 4.79 Å². The third-order valence-corrected chi connectivity index (χ3v) is 4.20. The molecule has 1 N–H and O–H groups in total. The van der Waals surface area contributed by atoms with Crippen molar-refractivity contribution in [3.05, 3.63) is 57.8 Å². The predicted octanol–water partition coefficient (Wildman–Crippen LogP) is 3.71. The van der Waals surface area contributed by atoms with Crippen molar-refractivity contribution < 1.29 is 9.15 Å². The van der Waals surface area contributed by atoms with E-state index in [1.165, 1.54) is 10.6 Å². The maximum absolute atomic E-state index is 12.5. The molecule has 7 nitrogen and oxygen atoms in total. The van der Waals surface area contributed by atoms with Crippen molar-refractivity contribution in [3.8, 4) is 28.5 Å². The van der Waals surface area contributed by atoms with Crippen molar-refractivity contribution in [3.63, 3.8) is 0 Å². The topological polar surface area (TPSA) is 85.4 Å².